The molecular weight excluding hydrogens is 312 g/mol. The summed E-state index contributed by atoms with van der Waals surface area (Å²) in [6.07, 6.45) is 0. The van der Waals surface area contributed by atoms with Gasteiger partial charge in [0.25, 0.3) is 0 Å². The van der Waals surface area contributed by atoms with Gasteiger partial charge < -0.3 is 20.1 Å². The summed E-state index contributed by atoms with van der Waals surface area (Å²) in [7, 11) is 0. The summed E-state index contributed by atoms with van der Waals surface area (Å²) in [6.45, 7) is 5.41. The van der Waals surface area contributed by atoms with Crippen molar-refractivity contribution in [3.05, 3.63) is 46.2 Å². The normalized spacial score (nSPS) is 13.9. The van der Waals surface area contributed by atoms with Crippen molar-refractivity contribution in [2.75, 3.05) is 19.8 Å². The van der Waals surface area contributed by atoms with Crippen LogP contribution in [0.4, 0.5) is 4.79 Å². The lowest BCUT2D eigenvalue weighted by Crippen LogP contribution is -2.45. The molecule has 1 aliphatic heterocycles. The molecule has 2 N–H and O–H groups in total. The molecule has 2 amide bonds. The lowest BCUT2D eigenvalue weighted by atomic mass is 10.1. The first-order valence-electron chi connectivity index (χ1n) is 7.60. The molecule has 2 rings (SSSR count). The first-order valence-corrected chi connectivity index (χ1v) is 7.60. The highest BCUT2D eigenvalue weighted by Gasteiger charge is 2.24. The summed E-state index contributed by atoms with van der Waals surface area (Å²) < 4.78 is 10.2. The lowest BCUT2D eigenvalue weighted by molar-refractivity contribution is -0.138. The van der Waals surface area contributed by atoms with E-state index in [2.05, 4.69) is 10.6 Å². The Kier molecular flexibility index (Phi) is 5.57. The number of nitrogens with one attached hydrogen (secondary N) is 2. The molecule has 0 saturated heterocycles. The number of urea groups is 1. The first-order chi connectivity index (χ1) is 11.4. The van der Waals surface area contributed by atoms with Gasteiger partial charge in [-0.2, -0.15) is 0 Å². The van der Waals surface area contributed by atoms with Crippen LogP contribution in [0.1, 0.15) is 28.4 Å². The topological polar surface area (TPSA) is 93.7 Å². The summed E-state index contributed by atoms with van der Waals surface area (Å²) in [5.74, 6) is -1.07. The van der Waals surface area contributed by atoms with E-state index in [0.29, 0.717) is 5.56 Å². The average molecular weight is 332 g/mol. The fourth-order valence-corrected chi connectivity index (χ4v) is 2.24. The molecule has 0 saturated carbocycles. The van der Waals surface area contributed by atoms with Crippen molar-refractivity contribution in [1.82, 2.24) is 10.6 Å². The van der Waals surface area contributed by atoms with E-state index in [-0.39, 0.29) is 31.0 Å². The first kappa shape index (κ1) is 17.5. The molecule has 24 heavy (non-hydrogen) atoms. The molecule has 0 radical (unpaired) electrons. The van der Waals surface area contributed by atoms with Gasteiger partial charge in [0.05, 0.1) is 30.0 Å². The van der Waals surface area contributed by atoms with E-state index >= 15 is 0 Å². The van der Waals surface area contributed by atoms with Crippen molar-refractivity contribution < 1.29 is 23.9 Å². The van der Waals surface area contributed by atoms with Crippen molar-refractivity contribution >= 4 is 18.0 Å². The van der Waals surface area contributed by atoms with Crippen molar-refractivity contribution in [3.63, 3.8) is 0 Å². The van der Waals surface area contributed by atoms with Gasteiger partial charge in [-0.3, -0.25) is 0 Å². The maximum absolute atomic E-state index is 12.3. The van der Waals surface area contributed by atoms with E-state index in [1.165, 1.54) is 0 Å². The fourth-order valence-electron chi connectivity index (χ4n) is 2.24. The standard InChI is InChI=1S/C17H20N2O5/c1-4-23-16(21)13-8-18-17(22)19-14(13)9-24-15(20)12-7-10(2)5-6-11(12)3/h5-7H,4,8-9H2,1-3H3,(H2,18,19,22). The number of rotatable bonds is 5. The highest BCUT2D eigenvalue weighted by Crippen LogP contribution is 2.14. The molecule has 0 atom stereocenters. The molecule has 1 aromatic rings. The van der Waals surface area contributed by atoms with Gasteiger partial charge in [-0.25, -0.2) is 14.4 Å². The highest BCUT2D eigenvalue weighted by molar-refractivity contribution is 5.94. The van der Waals surface area contributed by atoms with Crippen LogP contribution in [0.5, 0.6) is 0 Å². The predicted molar refractivity (Wildman–Crippen MR) is 86.4 cm³/mol. The van der Waals surface area contributed by atoms with Gasteiger partial charge in [0.15, 0.2) is 0 Å². The fraction of sp³-hybridized carbons (Fsp3) is 0.353. The third kappa shape index (κ3) is 4.13. The molecule has 1 aliphatic rings. The van der Waals surface area contributed by atoms with Gasteiger partial charge in [-0.15, -0.1) is 0 Å². The second-order valence-corrected chi connectivity index (χ2v) is 5.38. The maximum atomic E-state index is 12.3. The minimum atomic E-state index is -0.553. The van der Waals surface area contributed by atoms with Crippen LogP contribution in [0.15, 0.2) is 29.5 Å². The van der Waals surface area contributed by atoms with E-state index in [0.717, 1.165) is 11.1 Å². The van der Waals surface area contributed by atoms with Crippen LogP contribution in [0.2, 0.25) is 0 Å². The van der Waals surface area contributed by atoms with Gasteiger partial charge >= 0.3 is 18.0 Å². The highest BCUT2D eigenvalue weighted by atomic mass is 16.5. The van der Waals surface area contributed by atoms with E-state index in [4.69, 9.17) is 9.47 Å². The molecule has 0 unspecified atom stereocenters. The molecule has 7 nitrogen and oxygen atoms in total. The molecule has 0 bridgehead atoms. The van der Waals surface area contributed by atoms with Gasteiger partial charge in [-0.05, 0) is 32.4 Å². The zero-order valence-corrected chi connectivity index (χ0v) is 13.9. The maximum Gasteiger partial charge on any atom is 0.338 e. The van der Waals surface area contributed by atoms with Crippen molar-refractivity contribution in [2.24, 2.45) is 0 Å². The van der Waals surface area contributed by atoms with E-state index in [9.17, 15) is 14.4 Å². The molecule has 7 heteroatoms. The molecule has 1 aromatic carbocycles. The number of carbonyl (C=O) groups excluding carboxylic acids is 3. The summed E-state index contributed by atoms with van der Waals surface area (Å²) >= 11 is 0. The number of ether oxygens (including phenoxy) is 2. The van der Waals surface area contributed by atoms with E-state index in [1.807, 2.05) is 26.0 Å². The van der Waals surface area contributed by atoms with Gasteiger partial charge in [-0.1, -0.05) is 17.7 Å². The monoisotopic (exact) mass is 332 g/mol. The number of carbonyl (C=O) groups is 3. The Morgan fingerprint density at radius 1 is 1.17 bits per heavy atom. The quantitative estimate of drug-likeness (QED) is 0.799. The zero-order valence-electron chi connectivity index (χ0n) is 13.9. The van der Waals surface area contributed by atoms with Crippen molar-refractivity contribution in [3.8, 4) is 0 Å². The average Bonchev–Trinajstić information content (AvgIpc) is 2.55. The van der Waals surface area contributed by atoms with E-state index < -0.39 is 18.0 Å². The van der Waals surface area contributed by atoms with Gasteiger partial charge in [0.1, 0.15) is 6.61 Å². The van der Waals surface area contributed by atoms with Crippen LogP contribution in [-0.4, -0.2) is 37.7 Å². The summed E-state index contributed by atoms with van der Waals surface area (Å²) in [5, 5.41) is 4.98. The minimum absolute atomic E-state index is 0.0288. The lowest BCUT2D eigenvalue weighted by Gasteiger charge is -2.21. The zero-order chi connectivity index (χ0) is 17.7. The molecule has 0 spiro atoms. The molecule has 0 aromatic heterocycles. The van der Waals surface area contributed by atoms with Crippen LogP contribution in [0.25, 0.3) is 0 Å². The molecular formula is C17H20N2O5. The number of esters is 2. The van der Waals surface area contributed by atoms with Crippen LogP contribution in [-0.2, 0) is 14.3 Å². The number of amides is 2. The third-order valence-electron chi connectivity index (χ3n) is 3.54. The number of hydrogen-bond acceptors (Lipinski definition) is 5. The Labute approximate surface area is 140 Å². The number of aryl methyl sites for hydroxylation is 2. The minimum Gasteiger partial charge on any atom is -0.463 e. The third-order valence-corrected chi connectivity index (χ3v) is 3.54. The van der Waals surface area contributed by atoms with E-state index in [1.54, 1.807) is 13.0 Å². The van der Waals surface area contributed by atoms with Crippen LogP contribution < -0.4 is 10.6 Å². The summed E-state index contributed by atoms with van der Waals surface area (Å²) in [5.41, 5.74) is 2.66. The van der Waals surface area contributed by atoms with Gasteiger partial charge in [0.2, 0.25) is 0 Å². The Hall–Kier alpha value is -2.83. The van der Waals surface area contributed by atoms with Crippen molar-refractivity contribution in [2.45, 2.75) is 20.8 Å². The van der Waals surface area contributed by atoms with Crippen LogP contribution in [0, 0.1) is 13.8 Å². The van der Waals surface area contributed by atoms with Crippen LogP contribution >= 0.6 is 0 Å². The largest absolute Gasteiger partial charge is 0.463 e. The Balaban J connectivity index is 2.14. The van der Waals surface area contributed by atoms with Gasteiger partial charge in [0, 0.05) is 0 Å². The number of hydrogen-bond donors (Lipinski definition) is 2. The second kappa shape index (κ2) is 7.63. The smallest absolute Gasteiger partial charge is 0.338 e. The molecule has 0 aliphatic carbocycles. The summed E-state index contributed by atoms with van der Waals surface area (Å²) in [4.78, 5) is 35.6. The Morgan fingerprint density at radius 3 is 2.62 bits per heavy atom. The molecule has 0 fully saturated rings. The van der Waals surface area contributed by atoms with Crippen molar-refractivity contribution in [1.29, 1.82) is 0 Å². The Bertz CT molecular complexity index is 709. The Morgan fingerprint density at radius 2 is 1.92 bits per heavy atom. The predicted octanol–water partition coefficient (Wildman–Crippen LogP) is 1.59. The number of benzene rings is 1. The van der Waals surface area contributed by atoms with Crippen LogP contribution in [0.3, 0.4) is 0 Å². The summed E-state index contributed by atoms with van der Waals surface area (Å²) in [6, 6.07) is 5.02. The SMILES string of the molecule is CCOC(=O)C1=C(COC(=O)c2cc(C)ccc2C)NC(=O)NC1. The molecule has 1 heterocycles. The molecule has 128 valence electrons. The second-order valence-electron chi connectivity index (χ2n) is 5.38.